The van der Waals surface area contributed by atoms with Crippen LogP contribution in [0.3, 0.4) is 0 Å². The lowest BCUT2D eigenvalue weighted by Crippen LogP contribution is -2.29. The zero-order valence-corrected chi connectivity index (χ0v) is 8.69. The Kier molecular flexibility index (Phi) is 2.01. The van der Waals surface area contributed by atoms with Crippen molar-refractivity contribution >= 4 is 6.09 Å². The fourth-order valence-electron chi connectivity index (χ4n) is 2.51. The number of fused-ring (bicyclic) bond motifs is 4. The van der Waals surface area contributed by atoms with Gasteiger partial charge in [-0.05, 0) is 6.07 Å². The lowest BCUT2D eigenvalue weighted by Gasteiger charge is -2.25. The van der Waals surface area contributed by atoms with Crippen molar-refractivity contribution in [3.05, 3.63) is 29.3 Å². The molecular weight excluding hydrogens is 232 g/mol. The van der Waals surface area contributed by atoms with Gasteiger partial charge in [-0.15, -0.1) is 0 Å². The van der Waals surface area contributed by atoms with E-state index < -0.39 is 23.8 Å². The van der Waals surface area contributed by atoms with E-state index in [1.165, 1.54) is 0 Å². The van der Waals surface area contributed by atoms with Crippen LogP contribution in [0.5, 0.6) is 5.75 Å². The molecule has 6 heteroatoms. The summed E-state index contributed by atoms with van der Waals surface area (Å²) in [6.07, 6.45) is -0.996. The Labute approximate surface area is 95.4 Å². The molecular formula is C11H9F2NO3. The first-order valence-corrected chi connectivity index (χ1v) is 5.21. The number of rotatable bonds is 0. The summed E-state index contributed by atoms with van der Waals surface area (Å²) in [6, 6.07) is 1.38. The number of hydrogen-bond acceptors (Lipinski definition) is 2. The van der Waals surface area contributed by atoms with Gasteiger partial charge in [-0.3, -0.25) is 4.90 Å². The second-order valence-corrected chi connectivity index (χ2v) is 4.23. The third-order valence-corrected chi connectivity index (χ3v) is 3.19. The van der Waals surface area contributed by atoms with Gasteiger partial charge in [0.25, 0.3) is 0 Å². The van der Waals surface area contributed by atoms with Gasteiger partial charge >= 0.3 is 6.09 Å². The number of nitrogens with zero attached hydrogens (tertiary/aromatic N) is 1. The molecule has 0 radical (unpaired) electrons. The molecule has 2 atom stereocenters. The molecule has 1 fully saturated rings. The zero-order valence-electron chi connectivity index (χ0n) is 8.69. The summed E-state index contributed by atoms with van der Waals surface area (Å²) in [6.45, 7) is 0.190. The average molecular weight is 241 g/mol. The van der Waals surface area contributed by atoms with E-state index in [1.807, 2.05) is 0 Å². The number of likely N-dealkylation sites (tertiary alicyclic amines) is 1. The van der Waals surface area contributed by atoms with E-state index in [0.717, 1.165) is 17.0 Å². The highest BCUT2D eigenvalue weighted by molar-refractivity contribution is 5.67. The lowest BCUT2D eigenvalue weighted by atomic mass is 9.99. The predicted molar refractivity (Wildman–Crippen MR) is 52.9 cm³/mol. The highest BCUT2D eigenvalue weighted by atomic mass is 19.1. The smallest absolute Gasteiger partial charge is 0.407 e. The van der Waals surface area contributed by atoms with Gasteiger partial charge in [-0.25, -0.2) is 13.6 Å². The van der Waals surface area contributed by atoms with Crippen LogP contribution >= 0.6 is 0 Å². The number of hydrogen-bond donors (Lipinski definition) is 1. The van der Waals surface area contributed by atoms with Crippen LogP contribution in [0, 0.1) is 11.6 Å². The van der Waals surface area contributed by atoms with Crippen LogP contribution in [-0.4, -0.2) is 28.7 Å². The van der Waals surface area contributed by atoms with Crippen LogP contribution in [0.15, 0.2) is 12.1 Å². The Morgan fingerprint density at radius 1 is 1.47 bits per heavy atom. The Balaban J connectivity index is 2.12. The molecule has 1 saturated heterocycles. The maximum Gasteiger partial charge on any atom is 0.407 e. The number of halogens is 2. The standard InChI is InChI=1S/C11H9F2NO3/c12-5-1-7-9-3-6(4-14(9)11(15)16)17-10(7)8(13)2-5/h1-2,6,9H,3-4H2,(H,15,16)/t6-,9-/m0/s1. The van der Waals surface area contributed by atoms with Crippen molar-refractivity contribution in [1.29, 1.82) is 0 Å². The van der Waals surface area contributed by atoms with Gasteiger partial charge in [0.15, 0.2) is 11.6 Å². The summed E-state index contributed by atoms with van der Waals surface area (Å²) < 4.78 is 32.0. The molecule has 0 aliphatic carbocycles. The summed E-state index contributed by atoms with van der Waals surface area (Å²) in [7, 11) is 0. The molecule has 1 amide bonds. The number of ether oxygens (including phenoxy) is 1. The van der Waals surface area contributed by atoms with Crippen LogP contribution in [0.25, 0.3) is 0 Å². The molecule has 2 aliphatic heterocycles. The van der Waals surface area contributed by atoms with Gasteiger partial charge in [0.2, 0.25) is 0 Å². The average Bonchev–Trinajstić information content (AvgIpc) is 2.59. The van der Waals surface area contributed by atoms with Crippen molar-refractivity contribution < 1.29 is 23.4 Å². The topological polar surface area (TPSA) is 49.8 Å². The van der Waals surface area contributed by atoms with Gasteiger partial charge < -0.3 is 9.84 Å². The van der Waals surface area contributed by atoms with Crippen molar-refractivity contribution in [2.24, 2.45) is 0 Å². The molecule has 2 bridgehead atoms. The van der Waals surface area contributed by atoms with E-state index in [2.05, 4.69) is 0 Å². The van der Waals surface area contributed by atoms with Crippen LogP contribution in [0.2, 0.25) is 0 Å². The zero-order chi connectivity index (χ0) is 12.2. The monoisotopic (exact) mass is 241 g/mol. The molecule has 0 unspecified atom stereocenters. The maximum absolute atomic E-state index is 13.5. The highest BCUT2D eigenvalue weighted by Gasteiger charge is 2.43. The van der Waals surface area contributed by atoms with Crippen molar-refractivity contribution in [3.8, 4) is 5.75 Å². The largest absolute Gasteiger partial charge is 0.485 e. The molecule has 90 valence electrons. The molecule has 17 heavy (non-hydrogen) atoms. The van der Waals surface area contributed by atoms with E-state index >= 15 is 0 Å². The van der Waals surface area contributed by atoms with E-state index in [1.54, 1.807) is 0 Å². The van der Waals surface area contributed by atoms with Crippen molar-refractivity contribution in [2.45, 2.75) is 18.6 Å². The SMILES string of the molecule is O=C(O)N1C[C@@H]2C[C@H]1c1cc(F)cc(F)c1O2. The minimum absolute atomic E-state index is 0.0172. The van der Waals surface area contributed by atoms with E-state index in [4.69, 9.17) is 9.84 Å². The lowest BCUT2D eigenvalue weighted by molar-refractivity contribution is 0.139. The van der Waals surface area contributed by atoms with Crippen LogP contribution < -0.4 is 4.74 Å². The molecule has 0 spiro atoms. The third kappa shape index (κ3) is 1.44. The summed E-state index contributed by atoms with van der Waals surface area (Å²) in [5.74, 6) is -1.51. The second kappa shape index (κ2) is 3.32. The number of amides is 1. The summed E-state index contributed by atoms with van der Waals surface area (Å²) in [4.78, 5) is 12.2. The summed E-state index contributed by atoms with van der Waals surface area (Å²) in [5, 5.41) is 9.01. The first-order chi connectivity index (χ1) is 8.06. The van der Waals surface area contributed by atoms with Gasteiger partial charge in [0.1, 0.15) is 11.9 Å². The van der Waals surface area contributed by atoms with Crippen LogP contribution in [-0.2, 0) is 0 Å². The van der Waals surface area contributed by atoms with E-state index in [0.29, 0.717) is 6.42 Å². The van der Waals surface area contributed by atoms with Crippen molar-refractivity contribution in [2.75, 3.05) is 6.54 Å². The second-order valence-electron chi connectivity index (χ2n) is 4.23. The fraction of sp³-hybridized carbons (Fsp3) is 0.364. The number of carboxylic acid groups (broad SMARTS) is 1. The van der Waals surface area contributed by atoms with Crippen LogP contribution in [0.1, 0.15) is 18.0 Å². The Bertz CT molecular complexity index is 506. The van der Waals surface area contributed by atoms with Crippen molar-refractivity contribution in [1.82, 2.24) is 4.90 Å². The number of benzene rings is 1. The Hall–Kier alpha value is -1.85. The normalized spacial score (nSPS) is 25.4. The molecule has 1 aromatic rings. The minimum atomic E-state index is -1.10. The minimum Gasteiger partial charge on any atom is -0.485 e. The van der Waals surface area contributed by atoms with Gasteiger partial charge in [0, 0.05) is 18.1 Å². The van der Waals surface area contributed by atoms with Gasteiger partial charge in [0.05, 0.1) is 12.6 Å². The van der Waals surface area contributed by atoms with Gasteiger partial charge in [-0.1, -0.05) is 0 Å². The number of carbonyl (C=O) groups is 1. The third-order valence-electron chi connectivity index (χ3n) is 3.19. The fourth-order valence-corrected chi connectivity index (χ4v) is 2.51. The summed E-state index contributed by atoms with van der Waals surface area (Å²) >= 11 is 0. The molecule has 0 aromatic heterocycles. The first kappa shape index (κ1) is 10.3. The molecule has 4 nitrogen and oxygen atoms in total. The maximum atomic E-state index is 13.5. The predicted octanol–water partition coefficient (Wildman–Crippen LogP) is 2.15. The summed E-state index contributed by atoms with van der Waals surface area (Å²) in [5.41, 5.74) is 0.277. The molecule has 1 N–H and O–H groups in total. The van der Waals surface area contributed by atoms with E-state index in [9.17, 15) is 13.6 Å². The van der Waals surface area contributed by atoms with Crippen LogP contribution in [0.4, 0.5) is 13.6 Å². The highest BCUT2D eigenvalue weighted by Crippen LogP contribution is 2.44. The molecule has 2 aliphatic rings. The Morgan fingerprint density at radius 2 is 2.24 bits per heavy atom. The van der Waals surface area contributed by atoms with Gasteiger partial charge in [-0.2, -0.15) is 0 Å². The molecule has 1 aromatic carbocycles. The van der Waals surface area contributed by atoms with Crippen molar-refractivity contribution in [3.63, 3.8) is 0 Å². The Morgan fingerprint density at radius 3 is 2.94 bits per heavy atom. The van der Waals surface area contributed by atoms with E-state index in [-0.39, 0.29) is 24.0 Å². The first-order valence-electron chi connectivity index (χ1n) is 5.21. The molecule has 3 rings (SSSR count). The quantitative estimate of drug-likeness (QED) is 0.757. The molecule has 2 heterocycles. The molecule has 0 saturated carbocycles.